The molecule has 1 heterocycles. The Morgan fingerprint density at radius 1 is 1.26 bits per heavy atom. The first-order chi connectivity index (χ1) is 13.2. The molecule has 2 aromatic rings. The minimum absolute atomic E-state index is 0.0435. The molecule has 1 amide bonds. The van der Waals surface area contributed by atoms with Gasteiger partial charge in [0.2, 0.25) is 5.91 Å². The number of ether oxygens (including phenoxy) is 3. The average Bonchev–Trinajstić information content (AvgIpc) is 3.22. The highest BCUT2D eigenvalue weighted by Gasteiger charge is 2.16. The molecule has 2 atom stereocenters. The Bertz CT molecular complexity index is 755. The van der Waals surface area contributed by atoms with Gasteiger partial charge in [0.15, 0.2) is 0 Å². The molecule has 1 aliphatic rings. The molecule has 0 bridgehead atoms. The lowest BCUT2D eigenvalue weighted by Crippen LogP contribution is -2.29. The zero-order valence-electron chi connectivity index (χ0n) is 16.2. The second-order valence-corrected chi connectivity index (χ2v) is 7.05. The van der Waals surface area contributed by atoms with E-state index in [4.69, 9.17) is 14.2 Å². The second-order valence-electron chi connectivity index (χ2n) is 7.05. The van der Waals surface area contributed by atoms with Gasteiger partial charge in [-0.15, -0.1) is 0 Å². The van der Waals surface area contributed by atoms with E-state index in [0.717, 1.165) is 48.0 Å². The van der Waals surface area contributed by atoms with Crippen molar-refractivity contribution in [1.82, 2.24) is 5.32 Å². The summed E-state index contributed by atoms with van der Waals surface area (Å²) in [6.07, 6.45) is 3.28. The molecule has 2 aromatic carbocycles. The maximum absolute atomic E-state index is 12.4. The SMILES string of the molecule is COc1ccc2cc([C@H](C)C(=O)NCCCOCC3CCCO3)ccc2c1. The summed E-state index contributed by atoms with van der Waals surface area (Å²) in [5.74, 6) is 0.689. The van der Waals surface area contributed by atoms with Gasteiger partial charge in [0, 0.05) is 19.8 Å². The fourth-order valence-corrected chi connectivity index (χ4v) is 3.32. The number of rotatable bonds is 9. The van der Waals surface area contributed by atoms with Crippen molar-refractivity contribution < 1.29 is 19.0 Å². The van der Waals surface area contributed by atoms with E-state index < -0.39 is 0 Å². The maximum atomic E-state index is 12.4. The van der Waals surface area contributed by atoms with Crippen molar-refractivity contribution in [2.45, 2.75) is 38.2 Å². The summed E-state index contributed by atoms with van der Waals surface area (Å²) in [5.41, 5.74) is 1.01. The molecule has 0 saturated carbocycles. The number of hydrogen-bond donors (Lipinski definition) is 1. The van der Waals surface area contributed by atoms with Gasteiger partial charge in [0.25, 0.3) is 0 Å². The first-order valence-electron chi connectivity index (χ1n) is 9.72. The molecule has 0 aliphatic carbocycles. The van der Waals surface area contributed by atoms with Crippen molar-refractivity contribution in [1.29, 1.82) is 0 Å². The third kappa shape index (κ3) is 5.44. The van der Waals surface area contributed by atoms with Gasteiger partial charge in [-0.3, -0.25) is 4.79 Å². The molecule has 146 valence electrons. The lowest BCUT2D eigenvalue weighted by atomic mass is 9.97. The Morgan fingerprint density at radius 3 is 2.85 bits per heavy atom. The van der Waals surface area contributed by atoms with Crippen molar-refractivity contribution in [3.05, 3.63) is 42.0 Å². The Kier molecular flexibility index (Phi) is 7.07. The predicted molar refractivity (Wildman–Crippen MR) is 106 cm³/mol. The molecule has 0 spiro atoms. The van der Waals surface area contributed by atoms with Gasteiger partial charge in [0.1, 0.15) is 5.75 Å². The molecule has 27 heavy (non-hydrogen) atoms. The van der Waals surface area contributed by atoms with Crippen LogP contribution in [-0.4, -0.2) is 45.5 Å². The zero-order valence-corrected chi connectivity index (χ0v) is 16.2. The van der Waals surface area contributed by atoms with E-state index in [1.165, 1.54) is 0 Å². The minimum atomic E-state index is -0.190. The second kappa shape index (κ2) is 9.72. The number of fused-ring (bicyclic) bond motifs is 1. The smallest absolute Gasteiger partial charge is 0.227 e. The Hall–Kier alpha value is -2.11. The summed E-state index contributed by atoms with van der Waals surface area (Å²) >= 11 is 0. The topological polar surface area (TPSA) is 56.8 Å². The molecular weight excluding hydrogens is 342 g/mol. The standard InChI is InChI=1S/C22H29NO4/c1-16(17-6-7-19-14-20(25-2)9-8-18(19)13-17)22(24)23-10-4-11-26-15-21-5-3-12-27-21/h6-9,13-14,16,21H,3-5,10-12,15H2,1-2H3,(H,23,24)/t16-,21?/m0/s1. The summed E-state index contributed by atoms with van der Waals surface area (Å²) in [7, 11) is 1.66. The summed E-state index contributed by atoms with van der Waals surface area (Å²) in [6, 6.07) is 12.1. The molecular formula is C22H29NO4. The van der Waals surface area contributed by atoms with E-state index >= 15 is 0 Å². The van der Waals surface area contributed by atoms with Crippen LogP contribution >= 0.6 is 0 Å². The van der Waals surface area contributed by atoms with Crippen molar-refractivity contribution in [2.24, 2.45) is 0 Å². The largest absolute Gasteiger partial charge is 0.497 e. The Labute approximate surface area is 161 Å². The van der Waals surface area contributed by atoms with Crippen LogP contribution in [0.5, 0.6) is 5.75 Å². The number of methoxy groups -OCH3 is 1. The molecule has 1 unspecified atom stereocenters. The fraction of sp³-hybridized carbons (Fsp3) is 0.500. The highest BCUT2D eigenvalue weighted by molar-refractivity contribution is 5.88. The van der Waals surface area contributed by atoms with Crippen LogP contribution in [-0.2, 0) is 14.3 Å². The molecule has 1 fully saturated rings. The number of amides is 1. The molecule has 5 heteroatoms. The molecule has 0 aromatic heterocycles. The van der Waals surface area contributed by atoms with Crippen molar-refractivity contribution in [2.75, 3.05) is 33.5 Å². The molecule has 1 N–H and O–H groups in total. The summed E-state index contributed by atoms with van der Waals surface area (Å²) in [5, 5.41) is 5.22. The van der Waals surface area contributed by atoms with Crippen LogP contribution in [0.4, 0.5) is 0 Å². The van der Waals surface area contributed by atoms with Gasteiger partial charge in [0.05, 0.1) is 25.7 Å². The molecule has 5 nitrogen and oxygen atoms in total. The van der Waals surface area contributed by atoms with Gasteiger partial charge in [-0.25, -0.2) is 0 Å². The van der Waals surface area contributed by atoms with E-state index in [-0.39, 0.29) is 17.9 Å². The monoisotopic (exact) mass is 371 g/mol. The van der Waals surface area contributed by atoms with Crippen molar-refractivity contribution in [3.8, 4) is 5.75 Å². The molecule has 1 aliphatic heterocycles. The third-order valence-electron chi connectivity index (χ3n) is 5.06. The van der Waals surface area contributed by atoms with E-state index in [0.29, 0.717) is 19.8 Å². The van der Waals surface area contributed by atoms with Gasteiger partial charge in [-0.05, 0) is 54.7 Å². The molecule has 1 saturated heterocycles. The van der Waals surface area contributed by atoms with Crippen LogP contribution in [0.15, 0.2) is 36.4 Å². The number of carbonyl (C=O) groups is 1. The van der Waals surface area contributed by atoms with Crippen LogP contribution in [0.25, 0.3) is 10.8 Å². The lowest BCUT2D eigenvalue weighted by Gasteiger charge is -2.14. The highest BCUT2D eigenvalue weighted by Crippen LogP contribution is 2.25. The fourth-order valence-electron chi connectivity index (χ4n) is 3.32. The van der Waals surface area contributed by atoms with Crippen LogP contribution < -0.4 is 10.1 Å². The van der Waals surface area contributed by atoms with Crippen LogP contribution in [0.1, 0.15) is 37.7 Å². The third-order valence-corrected chi connectivity index (χ3v) is 5.06. The number of nitrogens with one attached hydrogen (secondary N) is 1. The normalized spacial score (nSPS) is 17.8. The number of benzene rings is 2. The lowest BCUT2D eigenvalue weighted by molar-refractivity contribution is -0.122. The van der Waals surface area contributed by atoms with Crippen LogP contribution in [0.3, 0.4) is 0 Å². The summed E-state index contributed by atoms with van der Waals surface area (Å²) in [6.45, 7) is 4.72. The molecule has 3 rings (SSSR count). The maximum Gasteiger partial charge on any atom is 0.227 e. The van der Waals surface area contributed by atoms with E-state index in [9.17, 15) is 4.79 Å². The van der Waals surface area contributed by atoms with E-state index in [2.05, 4.69) is 11.4 Å². The summed E-state index contributed by atoms with van der Waals surface area (Å²) in [4.78, 5) is 12.4. The predicted octanol–water partition coefficient (Wildman–Crippen LogP) is 3.65. The van der Waals surface area contributed by atoms with E-state index in [1.54, 1.807) is 7.11 Å². The van der Waals surface area contributed by atoms with Gasteiger partial charge >= 0.3 is 0 Å². The average molecular weight is 371 g/mol. The Morgan fingerprint density at radius 2 is 2.07 bits per heavy atom. The Balaban J connectivity index is 1.43. The zero-order chi connectivity index (χ0) is 19.1. The van der Waals surface area contributed by atoms with Gasteiger partial charge < -0.3 is 19.5 Å². The quantitative estimate of drug-likeness (QED) is 0.684. The van der Waals surface area contributed by atoms with Crippen molar-refractivity contribution >= 4 is 16.7 Å². The van der Waals surface area contributed by atoms with Crippen LogP contribution in [0, 0.1) is 0 Å². The first kappa shape index (κ1) is 19.6. The van der Waals surface area contributed by atoms with Crippen molar-refractivity contribution in [3.63, 3.8) is 0 Å². The molecule has 0 radical (unpaired) electrons. The van der Waals surface area contributed by atoms with Gasteiger partial charge in [-0.1, -0.05) is 24.3 Å². The number of hydrogen-bond acceptors (Lipinski definition) is 4. The number of carbonyl (C=O) groups excluding carboxylic acids is 1. The minimum Gasteiger partial charge on any atom is -0.497 e. The highest BCUT2D eigenvalue weighted by atomic mass is 16.5. The van der Waals surface area contributed by atoms with E-state index in [1.807, 2.05) is 37.3 Å². The van der Waals surface area contributed by atoms with Gasteiger partial charge in [-0.2, -0.15) is 0 Å². The first-order valence-corrected chi connectivity index (χ1v) is 9.72. The summed E-state index contributed by atoms with van der Waals surface area (Å²) < 4.78 is 16.4. The van der Waals surface area contributed by atoms with Crippen LogP contribution in [0.2, 0.25) is 0 Å².